The van der Waals surface area contributed by atoms with Crippen molar-refractivity contribution in [2.45, 2.75) is 71.3 Å². The molecule has 1 atom stereocenters. The van der Waals surface area contributed by atoms with Crippen LogP contribution in [0.1, 0.15) is 76.0 Å². The van der Waals surface area contributed by atoms with Gasteiger partial charge in [-0.2, -0.15) is 0 Å². The molecule has 0 bridgehead atoms. The van der Waals surface area contributed by atoms with Gasteiger partial charge in [-0.25, -0.2) is 0 Å². The van der Waals surface area contributed by atoms with Gasteiger partial charge in [-0.3, -0.25) is 0 Å². The quantitative estimate of drug-likeness (QED) is 0.681. The first kappa shape index (κ1) is 16.5. The van der Waals surface area contributed by atoms with E-state index in [9.17, 15) is 0 Å². The predicted octanol–water partition coefficient (Wildman–Crippen LogP) is 5.51. The van der Waals surface area contributed by atoms with Gasteiger partial charge in [-0.1, -0.05) is 76.6 Å². The summed E-state index contributed by atoms with van der Waals surface area (Å²) in [6, 6.07) is 9.78. The fourth-order valence-corrected chi connectivity index (χ4v) is 3.76. The lowest BCUT2D eigenvalue weighted by Gasteiger charge is -2.23. The molecule has 1 aliphatic rings. The average Bonchev–Trinajstić information content (AvgIpc) is 2.73. The average molecular weight is 287 g/mol. The van der Waals surface area contributed by atoms with Gasteiger partial charge in [0.15, 0.2) is 0 Å². The molecule has 21 heavy (non-hydrogen) atoms. The molecule has 1 fully saturated rings. The molecule has 1 unspecified atom stereocenters. The predicted molar refractivity (Wildman–Crippen MR) is 92.6 cm³/mol. The van der Waals surface area contributed by atoms with E-state index in [2.05, 4.69) is 50.5 Å². The fraction of sp³-hybridized carbons (Fsp3) is 0.700. The second-order valence-electron chi connectivity index (χ2n) is 7.28. The Morgan fingerprint density at radius 3 is 2.43 bits per heavy atom. The SMILES string of the molecule is CNC(CC1CCCCCC1)c1cccc(CC(C)C)c1. The summed E-state index contributed by atoms with van der Waals surface area (Å²) in [5, 5.41) is 3.57. The monoisotopic (exact) mass is 287 g/mol. The van der Waals surface area contributed by atoms with E-state index in [1.54, 1.807) is 0 Å². The van der Waals surface area contributed by atoms with Gasteiger partial charge in [0.2, 0.25) is 0 Å². The molecule has 0 aliphatic heterocycles. The summed E-state index contributed by atoms with van der Waals surface area (Å²) >= 11 is 0. The van der Waals surface area contributed by atoms with E-state index in [4.69, 9.17) is 0 Å². The van der Waals surface area contributed by atoms with Crippen LogP contribution >= 0.6 is 0 Å². The van der Waals surface area contributed by atoms with Crippen LogP contribution in [0.15, 0.2) is 24.3 Å². The van der Waals surface area contributed by atoms with Crippen molar-refractivity contribution in [3.63, 3.8) is 0 Å². The summed E-state index contributed by atoms with van der Waals surface area (Å²) in [7, 11) is 2.12. The van der Waals surface area contributed by atoms with E-state index in [0.29, 0.717) is 6.04 Å². The van der Waals surface area contributed by atoms with E-state index in [0.717, 1.165) is 11.8 Å². The van der Waals surface area contributed by atoms with Crippen LogP contribution in [0, 0.1) is 11.8 Å². The lowest BCUT2D eigenvalue weighted by molar-refractivity contribution is 0.368. The molecule has 0 aromatic heterocycles. The van der Waals surface area contributed by atoms with Crippen LogP contribution in [0.25, 0.3) is 0 Å². The van der Waals surface area contributed by atoms with Crippen LogP contribution < -0.4 is 5.32 Å². The molecule has 1 heteroatoms. The zero-order chi connectivity index (χ0) is 15.1. The van der Waals surface area contributed by atoms with Crippen molar-refractivity contribution in [2.75, 3.05) is 7.05 Å². The van der Waals surface area contributed by atoms with Crippen molar-refractivity contribution in [3.05, 3.63) is 35.4 Å². The van der Waals surface area contributed by atoms with E-state index in [1.807, 2.05) is 0 Å². The molecule has 0 saturated heterocycles. The summed E-state index contributed by atoms with van der Waals surface area (Å²) in [5.74, 6) is 1.65. The highest BCUT2D eigenvalue weighted by Gasteiger charge is 2.18. The Morgan fingerprint density at radius 2 is 1.81 bits per heavy atom. The van der Waals surface area contributed by atoms with Gasteiger partial charge in [0.1, 0.15) is 0 Å². The van der Waals surface area contributed by atoms with E-state index >= 15 is 0 Å². The van der Waals surface area contributed by atoms with Crippen LogP contribution in [0.2, 0.25) is 0 Å². The Labute approximate surface area is 131 Å². The molecule has 0 radical (unpaired) electrons. The van der Waals surface area contributed by atoms with Crippen molar-refractivity contribution in [2.24, 2.45) is 11.8 Å². The molecular formula is C20H33N. The highest BCUT2D eigenvalue weighted by atomic mass is 14.9. The maximum atomic E-state index is 3.57. The number of benzene rings is 1. The summed E-state index contributed by atoms with van der Waals surface area (Å²) in [4.78, 5) is 0. The van der Waals surface area contributed by atoms with Gasteiger partial charge >= 0.3 is 0 Å². The largest absolute Gasteiger partial charge is 0.313 e. The molecule has 1 aromatic carbocycles. The first-order valence-corrected chi connectivity index (χ1v) is 8.95. The van der Waals surface area contributed by atoms with Gasteiger partial charge in [0.05, 0.1) is 0 Å². The van der Waals surface area contributed by atoms with E-state index < -0.39 is 0 Å². The number of hydrogen-bond donors (Lipinski definition) is 1. The molecule has 0 spiro atoms. The first-order chi connectivity index (χ1) is 10.2. The Balaban J connectivity index is 2.02. The van der Waals surface area contributed by atoms with Crippen LogP contribution in [0.5, 0.6) is 0 Å². The van der Waals surface area contributed by atoms with Crippen LogP contribution in [-0.2, 0) is 6.42 Å². The Kier molecular flexibility index (Phi) is 6.76. The summed E-state index contributed by atoms with van der Waals surface area (Å²) in [6.45, 7) is 4.60. The minimum absolute atomic E-state index is 0.528. The molecule has 1 nitrogen and oxygen atoms in total. The Hall–Kier alpha value is -0.820. The molecule has 1 aliphatic carbocycles. The van der Waals surface area contributed by atoms with Crippen molar-refractivity contribution >= 4 is 0 Å². The molecular weight excluding hydrogens is 254 g/mol. The van der Waals surface area contributed by atoms with Gasteiger partial charge in [-0.15, -0.1) is 0 Å². The zero-order valence-corrected chi connectivity index (χ0v) is 14.2. The van der Waals surface area contributed by atoms with Crippen molar-refractivity contribution in [1.29, 1.82) is 0 Å². The second kappa shape index (κ2) is 8.58. The number of rotatable bonds is 6. The fourth-order valence-electron chi connectivity index (χ4n) is 3.76. The van der Waals surface area contributed by atoms with Crippen LogP contribution in [-0.4, -0.2) is 7.05 Å². The minimum atomic E-state index is 0.528. The highest BCUT2D eigenvalue weighted by Crippen LogP contribution is 2.31. The molecule has 1 N–H and O–H groups in total. The Morgan fingerprint density at radius 1 is 1.10 bits per heavy atom. The second-order valence-corrected chi connectivity index (χ2v) is 7.28. The first-order valence-electron chi connectivity index (χ1n) is 8.95. The van der Waals surface area contributed by atoms with Gasteiger partial charge < -0.3 is 5.32 Å². The maximum Gasteiger partial charge on any atom is 0.0320 e. The van der Waals surface area contributed by atoms with Crippen LogP contribution in [0.4, 0.5) is 0 Å². The molecule has 0 amide bonds. The molecule has 118 valence electrons. The number of nitrogens with one attached hydrogen (secondary N) is 1. The third kappa shape index (κ3) is 5.47. The van der Waals surface area contributed by atoms with Crippen molar-refractivity contribution in [3.8, 4) is 0 Å². The molecule has 2 rings (SSSR count). The summed E-state index contributed by atoms with van der Waals surface area (Å²) < 4.78 is 0. The Bertz CT molecular complexity index is 402. The highest BCUT2D eigenvalue weighted by molar-refractivity contribution is 5.26. The van der Waals surface area contributed by atoms with Crippen molar-refractivity contribution < 1.29 is 0 Å². The normalized spacial score (nSPS) is 18.7. The zero-order valence-electron chi connectivity index (χ0n) is 14.2. The lowest BCUT2D eigenvalue weighted by atomic mass is 9.88. The molecule has 0 heterocycles. The lowest BCUT2D eigenvalue weighted by Crippen LogP contribution is -2.20. The molecule has 1 aromatic rings. The summed E-state index contributed by atoms with van der Waals surface area (Å²) in [6.07, 6.45) is 11.1. The van der Waals surface area contributed by atoms with E-state index in [1.165, 1.54) is 62.5 Å². The third-order valence-electron chi connectivity index (χ3n) is 4.89. The van der Waals surface area contributed by atoms with Crippen LogP contribution in [0.3, 0.4) is 0 Å². The van der Waals surface area contributed by atoms with E-state index in [-0.39, 0.29) is 0 Å². The standard InChI is InChI=1S/C20H33N/c1-16(2)13-18-11-8-12-19(14-18)20(21-3)15-17-9-6-4-5-7-10-17/h8,11-12,14,16-17,20-21H,4-7,9-10,13,15H2,1-3H3. The van der Waals surface area contributed by atoms with Gasteiger partial charge in [-0.05, 0) is 42.9 Å². The smallest absolute Gasteiger partial charge is 0.0320 e. The summed E-state index contributed by atoms with van der Waals surface area (Å²) in [5.41, 5.74) is 2.98. The van der Waals surface area contributed by atoms with Gasteiger partial charge in [0.25, 0.3) is 0 Å². The van der Waals surface area contributed by atoms with Crippen molar-refractivity contribution in [1.82, 2.24) is 5.32 Å². The van der Waals surface area contributed by atoms with Gasteiger partial charge in [0, 0.05) is 6.04 Å². The number of hydrogen-bond acceptors (Lipinski definition) is 1. The third-order valence-corrected chi connectivity index (χ3v) is 4.89. The topological polar surface area (TPSA) is 12.0 Å². The minimum Gasteiger partial charge on any atom is -0.313 e. The molecule has 1 saturated carbocycles. The maximum absolute atomic E-state index is 3.57.